The Morgan fingerprint density at radius 3 is 2.59 bits per heavy atom. The molecule has 0 spiro atoms. The number of ether oxygens (including phenoxy) is 3. The van der Waals surface area contributed by atoms with E-state index in [0.717, 1.165) is 12.0 Å². The van der Waals surface area contributed by atoms with Crippen molar-refractivity contribution in [2.75, 3.05) is 40.0 Å². The SMILES string of the molecule is CCCN(CCOCCOC)C(=O)n1cnc(CC(NC(=O)OCc2ccccc2)C(=O)O)c1. The van der Waals surface area contributed by atoms with E-state index in [1.807, 2.05) is 25.1 Å². The number of alkyl carbamates (subject to hydrolysis) is 1. The second-order valence-corrected chi connectivity index (χ2v) is 7.45. The largest absolute Gasteiger partial charge is 0.480 e. The van der Waals surface area contributed by atoms with Crippen LogP contribution in [0.2, 0.25) is 0 Å². The number of amides is 2. The zero-order valence-corrected chi connectivity index (χ0v) is 19.5. The number of carboxylic acid groups (broad SMARTS) is 1. The van der Waals surface area contributed by atoms with E-state index in [0.29, 0.717) is 38.6 Å². The summed E-state index contributed by atoms with van der Waals surface area (Å²) >= 11 is 0. The monoisotopic (exact) mass is 476 g/mol. The van der Waals surface area contributed by atoms with Crippen LogP contribution in [0.3, 0.4) is 0 Å². The molecule has 0 aliphatic rings. The van der Waals surface area contributed by atoms with Crippen molar-refractivity contribution in [3.8, 4) is 0 Å². The summed E-state index contributed by atoms with van der Waals surface area (Å²) in [6.07, 6.45) is 2.60. The van der Waals surface area contributed by atoms with Gasteiger partial charge in [-0.1, -0.05) is 37.3 Å². The zero-order chi connectivity index (χ0) is 24.8. The second-order valence-electron chi connectivity index (χ2n) is 7.45. The molecule has 2 N–H and O–H groups in total. The molecule has 2 aromatic rings. The minimum Gasteiger partial charge on any atom is -0.480 e. The van der Waals surface area contributed by atoms with E-state index in [2.05, 4.69) is 10.3 Å². The molecule has 0 aliphatic heterocycles. The number of hydrogen-bond acceptors (Lipinski definition) is 7. The average molecular weight is 477 g/mol. The Morgan fingerprint density at radius 2 is 1.91 bits per heavy atom. The number of rotatable bonds is 14. The van der Waals surface area contributed by atoms with Crippen molar-refractivity contribution in [1.82, 2.24) is 19.8 Å². The van der Waals surface area contributed by atoms with Crippen molar-refractivity contribution >= 4 is 18.1 Å². The number of aliphatic carboxylic acids is 1. The summed E-state index contributed by atoms with van der Waals surface area (Å²) in [7, 11) is 1.59. The normalized spacial score (nSPS) is 11.6. The third kappa shape index (κ3) is 9.20. The average Bonchev–Trinajstić information content (AvgIpc) is 3.30. The van der Waals surface area contributed by atoms with Gasteiger partial charge in [-0.2, -0.15) is 0 Å². The molecule has 11 heteroatoms. The van der Waals surface area contributed by atoms with Crippen molar-refractivity contribution in [2.45, 2.75) is 32.4 Å². The lowest BCUT2D eigenvalue weighted by molar-refractivity contribution is -0.139. The summed E-state index contributed by atoms with van der Waals surface area (Å²) in [4.78, 5) is 42.3. The van der Waals surface area contributed by atoms with Crippen LogP contribution in [0.15, 0.2) is 42.9 Å². The van der Waals surface area contributed by atoms with Gasteiger partial charge >= 0.3 is 18.1 Å². The van der Waals surface area contributed by atoms with Crippen LogP contribution in [0.25, 0.3) is 0 Å². The Balaban J connectivity index is 1.91. The molecule has 1 aromatic heterocycles. The number of imidazole rings is 1. The molecule has 2 rings (SSSR count). The van der Waals surface area contributed by atoms with Crippen molar-refractivity contribution in [3.63, 3.8) is 0 Å². The molecule has 2 amide bonds. The summed E-state index contributed by atoms with van der Waals surface area (Å²) in [6.45, 7) is 4.20. The van der Waals surface area contributed by atoms with Crippen LogP contribution < -0.4 is 5.32 Å². The van der Waals surface area contributed by atoms with Gasteiger partial charge in [0.05, 0.1) is 25.5 Å². The molecule has 0 aliphatic carbocycles. The first-order valence-electron chi connectivity index (χ1n) is 11.0. The fraction of sp³-hybridized carbons (Fsp3) is 0.478. The number of nitrogens with one attached hydrogen (secondary N) is 1. The molecular formula is C23H32N4O7. The smallest absolute Gasteiger partial charge is 0.408 e. The maximum Gasteiger partial charge on any atom is 0.408 e. The minimum absolute atomic E-state index is 0.0184. The first kappa shape index (κ1) is 26.8. The van der Waals surface area contributed by atoms with E-state index in [1.54, 1.807) is 24.1 Å². The quantitative estimate of drug-likeness (QED) is 0.397. The first-order chi connectivity index (χ1) is 16.4. The third-order valence-corrected chi connectivity index (χ3v) is 4.77. The van der Waals surface area contributed by atoms with Gasteiger partial charge in [0.1, 0.15) is 19.0 Å². The van der Waals surface area contributed by atoms with Gasteiger partial charge in [-0.25, -0.2) is 19.4 Å². The highest BCUT2D eigenvalue weighted by atomic mass is 16.5. The van der Waals surface area contributed by atoms with Crippen molar-refractivity contribution < 1.29 is 33.7 Å². The molecule has 1 aromatic carbocycles. The Hall–Kier alpha value is -3.44. The lowest BCUT2D eigenvalue weighted by Gasteiger charge is -2.22. The van der Waals surface area contributed by atoms with Gasteiger partial charge < -0.3 is 29.5 Å². The van der Waals surface area contributed by atoms with Crippen LogP contribution in [0.4, 0.5) is 9.59 Å². The van der Waals surface area contributed by atoms with E-state index in [9.17, 15) is 19.5 Å². The number of aromatic nitrogens is 2. The first-order valence-corrected chi connectivity index (χ1v) is 11.0. The summed E-state index contributed by atoms with van der Waals surface area (Å²) in [5.74, 6) is -1.24. The Bertz CT molecular complexity index is 904. The van der Waals surface area contributed by atoms with Crippen LogP contribution in [0.1, 0.15) is 24.6 Å². The molecule has 34 heavy (non-hydrogen) atoms. The molecule has 186 valence electrons. The van der Waals surface area contributed by atoms with Gasteiger partial charge in [0, 0.05) is 32.8 Å². The van der Waals surface area contributed by atoms with E-state index >= 15 is 0 Å². The van der Waals surface area contributed by atoms with Gasteiger partial charge in [-0.3, -0.25) is 4.57 Å². The van der Waals surface area contributed by atoms with Crippen LogP contribution in [-0.2, 0) is 32.0 Å². The van der Waals surface area contributed by atoms with Crippen LogP contribution in [0.5, 0.6) is 0 Å². The maximum atomic E-state index is 12.8. The topological polar surface area (TPSA) is 132 Å². The highest BCUT2D eigenvalue weighted by Crippen LogP contribution is 2.06. The summed E-state index contributed by atoms with van der Waals surface area (Å²) in [5.41, 5.74) is 1.12. The fourth-order valence-electron chi connectivity index (χ4n) is 3.05. The minimum atomic E-state index is -1.26. The molecule has 0 saturated carbocycles. The molecule has 0 fully saturated rings. The van der Waals surface area contributed by atoms with Gasteiger partial charge in [-0.15, -0.1) is 0 Å². The summed E-state index contributed by atoms with van der Waals surface area (Å²) in [5, 5.41) is 11.8. The van der Waals surface area contributed by atoms with Gasteiger partial charge in [0.2, 0.25) is 0 Å². The van der Waals surface area contributed by atoms with Crippen molar-refractivity contribution in [2.24, 2.45) is 0 Å². The Kier molecular flexibility index (Phi) is 11.6. The van der Waals surface area contributed by atoms with Crippen LogP contribution in [-0.4, -0.2) is 83.7 Å². The fourth-order valence-corrected chi connectivity index (χ4v) is 3.05. The maximum absolute atomic E-state index is 12.8. The molecule has 1 unspecified atom stereocenters. The van der Waals surface area contributed by atoms with Crippen LogP contribution in [0, 0.1) is 0 Å². The van der Waals surface area contributed by atoms with Gasteiger partial charge in [-0.05, 0) is 12.0 Å². The number of hydrogen-bond donors (Lipinski definition) is 2. The number of benzene rings is 1. The lowest BCUT2D eigenvalue weighted by atomic mass is 10.2. The van der Waals surface area contributed by atoms with Crippen molar-refractivity contribution in [3.05, 3.63) is 54.1 Å². The molecule has 0 saturated heterocycles. The molecule has 11 nitrogen and oxygen atoms in total. The number of methoxy groups -OCH3 is 1. The number of carbonyl (C=O) groups excluding carboxylic acids is 2. The highest BCUT2D eigenvalue weighted by molar-refractivity contribution is 5.80. The molecule has 1 heterocycles. The van der Waals surface area contributed by atoms with Crippen LogP contribution >= 0.6 is 0 Å². The Morgan fingerprint density at radius 1 is 1.15 bits per heavy atom. The molecular weight excluding hydrogens is 444 g/mol. The standard InChI is InChI=1S/C23H32N4O7/c1-3-9-26(10-11-33-13-12-32-2)23(31)27-15-19(24-17-27)14-20(21(28)29)25-22(30)34-16-18-7-5-4-6-8-18/h4-8,15,17,20H,3,9-14,16H2,1-2H3,(H,25,30)(H,28,29). The predicted molar refractivity (Wildman–Crippen MR) is 122 cm³/mol. The summed E-state index contributed by atoms with van der Waals surface area (Å²) < 4.78 is 16.8. The Labute approximate surface area is 198 Å². The lowest BCUT2D eigenvalue weighted by Crippen LogP contribution is -2.42. The number of carbonyl (C=O) groups is 3. The van der Waals surface area contributed by atoms with E-state index in [1.165, 1.54) is 17.1 Å². The molecule has 1 atom stereocenters. The van der Waals surface area contributed by atoms with Crippen molar-refractivity contribution in [1.29, 1.82) is 0 Å². The van der Waals surface area contributed by atoms with E-state index in [-0.39, 0.29) is 19.1 Å². The number of carboxylic acids is 1. The second kappa shape index (κ2) is 14.7. The molecule has 0 bridgehead atoms. The van der Waals surface area contributed by atoms with Gasteiger partial charge in [0.25, 0.3) is 0 Å². The van der Waals surface area contributed by atoms with Gasteiger partial charge in [0.15, 0.2) is 0 Å². The third-order valence-electron chi connectivity index (χ3n) is 4.77. The summed E-state index contributed by atoms with van der Waals surface area (Å²) in [6, 6.07) is 7.49. The highest BCUT2D eigenvalue weighted by Gasteiger charge is 2.23. The zero-order valence-electron chi connectivity index (χ0n) is 19.5. The molecule has 0 radical (unpaired) electrons. The van der Waals surface area contributed by atoms with E-state index < -0.39 is 18.1 Å². The predicted octanol–water partition coefficient (Wildman–Crippen LogP) is 2.15. The number of nitrogens with zero attached hydrogens (tertiary/aromatic N) is 3. The van der Waals surface area contributed by atoms with E-state index in [4.69, 9.17) is 14.2 Å².